The minimum absolute atomic E-state index is 0. The minimum Gasteiger partial charge on any atom is -0.356 e. The normalized spacial score (nSPS) is 19.9. The van der Waals surface area contributed by atoms with Crippen molar-refractivity contribution in [2.24, 2.45) is 10.9 Å². The van der Waals surface area contributed by atoms with Gasteiger partial charge in [0.25, 0.3) is 0 Å². The SMILES string of the molecule is CN=C(NCCCn1cc(C)cn1)NCC1CCCN(C)C1c1cccc(Cl)c1.I. The van der Waals surface area contributed by atoms with Crippen LogP contribution in [0.15, 0.2) is 41.7 Å². The fourth-order valence-electron chi connectivity index (χ4n) is 4.18. The van der Waals surface area contributed by atoms with Gasteiger partial charge in [0.15, 0.2) is 5.96 Å². The fraction of sp³-hybridized carbons (Fsp3) is 0.545. The maximum atomic E-state index is 6.26. The van der Waals surface area contributed by atoms with Crippen LogP contribution in [0.25, 0.3) is 0 Å². The number of hydrogen-bond donors (Lipinski definition) is 2. The van der Waals surface area contributed by atoms with Crippen LogP contribution in [0.4, 0.5) is 0 Å². The van der Waals surface area contributed by atoms with E-state index in [4.69, 9.17) is 11.6 Å². The highest BCUT2D eigenvalue weighted by atomic mass is 127. The second-order valence-electron chi connectivity index (χ2n) is 7.90. The van der Waals surface area contributed by atoms with Crippen LogP contribution in [0.2, 0.25) is 5.02 Å². The molecule has 2 heterocycles. The van der Waals surface area contributed by atoms with E-state index in [-0.39, 0.29) is 24.0 Å². The van der Waals surface area contributed by atoms with Crippen LogP contribution < -0.4 is 10.6 Å². The molecule has 2 aromatic rings. The second kappa shape index (κ2) is 12.5. The number of likely N-dealkylation sites (tertiary alicyclic amines) is 1. The number of rotatable bonds is 7. The second-order valence-corrected chi connectivity index (χ2v) is 8.33. The van der Waals surface area contributed by atoms with Gasteiger partial charge in [-0.15, -0.1) is 24.0 Å². The number of benzene rings is 1. The van der Waals surface area contributed by atoms with Gasteiger partial charge in [0, 0.05) is 43.9 Å². The predicted octanol–water partition coefficient (Wildman–Crippen LogP) is 4.10. The van der Waals surface area contributed by atoms with Crippen LogP contribution in [0.5, 0.6) is 0 Å². The summed E-state index contributed by atoms with van der Waals surface area (Å²) in [6.45, 7) is 5.84. The number of aromatic nitrogens is 2. The van der Waals surface area contributed by atoms with Crippen molar-refractivity contribution in [2.45, 2.75) is 38.8 Å². The Morgan fingerprint density at radius 1 is 1.33 bits per heavy atom. The molecule has 0 aliphatic carbocycles. The largest absolute Gasteiger partial charge is 0.356 e. The molecule has 1 aliphatic rings. The Kier molecular flexibility index (Phi) is 10.4. The maximum absolute atomic E-state index is 6.26. The topological polar surface area (TPSA) is 57.5 Å². The van der Waals surface area contributed by atoms with Crippen molar-refractivity contribution in [2.75, 3.05) is 33.7 Å². The highest BCUT2D eigenvalue weighted by Crippen LogP contribution is 2.35. The van der Waals surface area contributed by atoms with E-state index in [1.807, 2.05) is 30.1 Å². The van der Waals surface area contributed by atoms with Crippen molar-refractivity contribution in [3.8, 4) is 0 Å². The van der Waals surface area contributed by atoms with E-state index < -0.39 is 0 Å². The summed E-state index contributed by atoms with van der Waals surface area (Å²) in [5, 5.41) is 12.1. The Morgan fingerprint density at radius 2 is 2.17 bits per heavy atom. The molecule has 1 fully saturated rings. The molecule has 0 saturated carbocycles. The lowest BCUT2D eigenvalue weighted by Gasteiger charge is -2.40. The van der Waals surface area contributed by atoms with Crippen LogP contribution in [-0.2, 0) is 6.54 Å². The molecule has 2 N–H and O–H groups in total. The summed E-state index contributed by atoms with van der Waals surface area (Å²) in [5.74, 6) is 1.37. The van der Waals surface area contributed by atoms with Gasteiger partial charge in [0.1, 0.15) is 0 Å². The molecule has 2 atom stereocenters. The zero-order valence-electron chi connectivity index (χ0n) is 18.1. The first-order chi connectivity index (χ1) is 14.1. The standard InChI is InChI=1S/C22H33ClN6.HI/c1-17-14-27-29(16-17)12-6-10-25-22(24-2)26-15-19-8-5-11-28(3)21(19)18-7-4-9-20(23)13-18;/h4,7,9,13-14,16,19,21H,5-6,8,10-12,15H2,1-3H3,(H2,24,25,26);1H. The number of hydrogen-bond acceptors (Lipinski definition) is 3. The zero-order valence-corrected chi connectivity index (χ0v) is 21.2. The number of aliphatic imine (C=N–C) groups is 1. The molecule has 1 aromatic heterocycles. The van der Waals surface area contributed by atoms with Gasteiger partial charge in [-0.3, -0.25) is 14.6 Å². The summed E-state index contributed by atoms with van der Waals surface area (Å²) in [6.07, 6.45) is 7.38. The highest BCUT2D eigenvalue weighted by molar-refractivity contribution is 14.0. The van der Waals surface area contributed by atoms with Crippen molar-refractivity contribution in [3.63, 3.8) is 0 Å². The fourth-order valence-corrected chi connectivity index (χ4v) is 4.37. The van der Waals surface area contributed by atoms with Gasteiger partial charge in [0.05, 0.1) is 6.20 Å². The summed E-state index contributed by atoms with van der Waals surface area (Å²) in [7, 11) is 4.04. The molecule has 1 saturated heterocycles. The van der Waals surface area contributed by atoms with E-state index >= 15 is 0 Å². The van der Waals surface area contributed by atoms with Crippen LogP contribution in [0.1, 0.15) is 36.4 Å². The van der Waals surface area contributed by atoms with Crippen LogP contribution >= 0.6 is 35.6 Å². The van der Waals surface area contributed by atoms with Crippen molar-refractivity contribution >= 4 is 41.5 Å². The Morgan fingerprint density at radius 3 is 2.87 bits per heavy atom. The third-order valence-corrected chi connectivity index (χ3v) is 5.81. The average Bonchev–Trinajstić information content (AvgIpc) is 3.12. The first-order valence-electron chi connectivity index (χ1n) is 10.5. The van der Waals surface area contributed by atoms with Gasteiger partial charge < -0.3 is 10.6 Å². The van der Waals surface area contributed by atoms with E-state index in [1.165, 1.54) is 24.0 Å². The molecule has 3 rings (SSSR count). The van der Waals surface area contributed by atoms with E-state index in [1.54, 1.807) is 0 Å². The molecule has 1 aliphatic heterocycles. The molecule has 1 aromatic carbocycles. The van der Waals surface area contributed by atoms with Crippen molar-refractivity contribution in [3.05, 3.63) is 52.8 Å². The zero-order chi connectivity index (χ0) is 20.6. The Hall–Kier alpha value is -1.32. The molecule has 6 nitrogen and oxygen atoms in total. The first kappa shape index (κ1) is 24.9. The van der Waals surface area contributed by atoms with E-state index in [0.29, 0.717) is 12.0 Å². The third kappa shape index (κ3) is 7.13. The maximum Gasteiger partial charge on any atom is 0.190 e. The van der Waals surface area contributed by atoms with Gasteiger partial charge in [-0.1, -0.05) is 23.7 Å². The van der Waals surface area contributed by atoms with Gasteiger partial charge in [-0.2, -0.15) is 5.10 Å². The van der Waals surface area contributed by atoms with E-state index in [0.717, 1.165) is 43.6 Å². The van der Waals surface area contributed by atoms with Crippen molar-refractivity contribution in [1.82, 2.24) is 25.3 Å². The van der Waals surface area contributed by atoms with Crippen molar-refractivity contribution < 1.29 is 0 Å². The van der Waals surface area contributed by atoms with Gasteiger partial charge in [-0.05, 0) is 69.0 Å². The average molecular weight is 545 g/mol. The Bertz CT molecular complexity index is 808. The summed E-state index contributed by atoms with van der Waals surface area (Å²) in [5.41, 5.74) is 2.49. The minimum atomic E-state index is 0. The molecule has 2 unspecified atom stereocenters. The quantitative estimate of drug-likeness (QED) is 0.239. The first-order valence-corrected chi connectivity index (χ1v) is 10.8. The molecular weight excluding hydrogens is 511 g/mol. The number of nitrogens with zero attached hydrogens (tertiary/aromatic N) is 4. The summed E-state index contributed by atoms with van der Waals surface area (Å²) < 4.78 is 1.99. The number of nitrogens with one attached hydrogen (secondary N) is 2. The molecule has 0 radical (unpaired) electrons. The lowest BCUT2D eigenvalue weighted by atomic mass is 9.85. The molecule has 0 spiro atoms. The van der Waals surface area contributed by atoms with Crippen molar-refractivity contribution in [1.29, 1.82) is 0 Å². The lowest BCUT2D eigenvalue weighted by Crippen LogP contribution is -2.45. The molecule has 8 heteroatoms. The van der Waals surface area contributed by atoms with Crippen LogP contribution in [0.3, 0.4) is 0 Å². The van der Waals surface area contributed by atoms with Crippen LogP contribution in [-0.4, -0.2) is 54.4 Å². The number of guanidine groups is 1. The summed E-state index contributed by atoms with van der Waals surface area (Å²) in [6, 6.07) is 8.65. The molecule has 166 valence electrons. The number of halogens is 2. The number of aryl methyl sites for hydroxylation is 2. The molecule has 0 bridgehead atoms. The van der Waals surface area contributed by atoms with Gasteiger partial charge in [-0.25, -0.2) is 0 Å². The van der Waals surface area contributed by atoms with E-state index in [9.17, 15) is 0 Å². The van der Waals surface area contributed by atoms with Gasteiger partial charge >= 0.3 is 0 Å². The lowest BCUT2D eigenvalue weighted by molar-refractivity contribution is 0.122. The Labute approximate surface area is 202 Å². The number of piperidine rings is 1. The summed E-state index contributed by atoms with van der Waals surface area (Å²) >= 11 is 6.26. The monoisotopic (exact) mass is 544 g/mol. The van der Waals surface area contributed by atoms with E-state index in [2.05, 4.69) is 57.9 Å². The van der Waals surface area contributed by atoms with Crippen LogP contribution in [0, 0.1) is 12.8 Å². The molecule has 0 amide bonds. The predicted molar refractivity (Wildman–Crippen MR) is 136 cm³/mol. The molecular formula is C22H34ClIN6. The summed E-state index contributed by atoms with van der Waals surface area (Å²) in [4.78, 5) is 6.84. The smallest absolute Gasteiger partial charge is 0.190 e. The molecule has 30 heavy (non-hydrogen) atoms. The van der Waals surface area contributed by atoms with Gasteiger partial charge in [0.2, 0.25) is 0 Å². The Balaban J connectivity index is 0.00000320. The third-order valence-electron chi connectivity index (χ3n) is 5.57. The highest BCUT2D eigenvalue weighted by Gasteiger charge is 2.30.